The van der Waals surface area contributed by atoms with E-state index in [9.17, 15) is 0 Å². The Bertz CT molecular complexity index is 463. The molecule has 25 heavy (non-hydrogen) atoms. The molecular weight excluding hydrogens is 421 g/mol. The predicted molar refractivity (Wildman–Crippen MR) is 117 cm³/mol. The van der Waals surface area contributed by atoms with Crippen molar-refractivity contribution in [3.05, 3.63) is 59.7 Å². The van der Waals surface area contributed by atoms with E-state index in [1.807, 2.05) is 0 Å². The molecule has 2 aromatic carbocycles. The molecule has 0 spiro atoms. The van der Waals surface area contributed by atoms with Crippen LogP contribution in [0.1, 0.15) is 24.0 Å². The summed E-state index contributed by atoms with van der Waals surface area (Å²) in [5, 5.41) is 0. The summed E-state index contributed by atoms with van der Waals surface area (Å²) in [7, 11) is -1.58. The fourth-order valence-corrected chi connectivity index (χ4v) is 5.28. The third-order valence-electron chi connectivity index (χ3n) is 4.25. The molecule has 0 aliphatic carbocycles. The third kappa shape index (κ3) is 14.6. The van der Waals surface area contributed by atoms with E-state index in [0.717, 1.165) is 0 Å². The Morgan fingerprint density at radius 1 is 0.560 bits per heavy atom. The Kier molecular flexibility index (Phi) is 12.1. The Hall–Kier alpha value is -0.243. The molecule has 0 aliphatic heterocycles. The molecule has 0 nitrogen and oxygen atoms in total. The Labute approximate surface area is 171 Å². The number of rotatable bonds is 8. The minimum absolute atomic E-state index is 0. The second-order valence-corrected chi connectivity index (χ2v) is 20.7. The fraction of sp³-hybridized carbons (Fsp3) is 0.545. The summed E-state index contributed by atoms with van der Waals surface area (Å²) >= 11 is 0. The largest absolute Gasteiger partial charge is 2.00 e. The van der Waals surface area contributed by atoms with Crippen LogP contribution in [0.15, 0.2) is 48.5 Å². The first-order valence-electron chi connectivity index (χ1n) is 9.57. The van der Waals surface area contributed by atoms with Gasteiger partial charge in [-0.2, -0.15) is 35.4 Å². The maximum absolute atomic E-state index is 2.44. The standard InChI is InChI=1S/2C11H19Si.Ru/c2*1-12(2,3)10-6-9-11-7-4-5-8-11;/h2*4-5,7-8H,6,9-10H2,1-3H3;/q2*-1;+2. The zero-order valence-electron chi connectivity index (χ0n) is 17.2. The SMILES string of the molecule is C[Si](C)(C)CCC[c-]1cccc1.C[Si](C)(C)CCC[c-]1cccc1.[Ru+2]. The summed E-state index contributed by atoms with van der Waals surface area (Å²) in [6, 6.07) is 20.3. The summed E-state index contributed by atoms with van der Waals surface area (Å²) in [5.41, 5.74) is 3.02. The van der Waals surface area contributed by atoms with Gasteiger partial charge in [0.2, 0.25) is 0 Å². The van der Waals surface area contributed by atoms with Gasteiger partial charge in [-0.1, -0.05) is 77.1 Å². The maximum Gasteiger partial charge on any atom is 2.00 e. The van der Waals surface area contributed by atoms with Gasteiger partial charge < -0.3 is 0 Å². The van der Waals surface area contributed by atoms with E-state index < -0.39 is 16.1 Å². The van der Waals surface area contributed by atoms with Crippen LogP contribution in [0, 0.1) is 0 Å². The molecule has 0 bridgehead atoms. The van der Waals surface area contributed by atoms with Crippen molar-refractivity contribution in [2.45, 2.75) is 77.1 Å². The van der Waals surface area contributed by atoms with E-state index in [1.165, 1.54) is 48.9 Å². The number of hydrogen-bond acceptors (Lipinski definition) is 0. The number of aryl methyl sites for hydroxylation is 2. The quantitative estimate of drug-likeness (QED) is 0.286. The average Bonchev–Trinajstić information content (AvgIpc) is 3.09. The van der Waals surface area contributed by atoms with Gasteiger partial charge in [0.1, 0.15) is 0 Å². The summed E-state index contributed by atoms with van der Waals surface area (Å²) in [4.78, 5) is 0. The summed E-state index contributed by atoms with van der Waals surface area (Å²) in [6.45, 7) is 14.7. The van der Waals surface area contributed by atoms with Crippen LogP contribution in [0.5, 0.6) is 0 Å². The zero-order valence-corrected chi connectivity index (χ0v) is 21.0. The van der Waals surface area contributed by atoms with Gasteiger partial charge in [0.05, 0.1) is 0 Å². The van der Waals surface area contributed by atoms with Crippen LogP contribution in [0.2, 0.25) is 51.4 Å². The van der Waals surface area contributed by atoms with Gasteiger partial charge in [0, 0.05) is 16.1 Å². The van der Waals surface area contributed by atoms with Crippen LogP contribution in [-0.4, -0.2) is 16.1 Å². The first-order chi connectivity index (χ1) is 11.2. The van der Waals surface area contributed by atoms with E-state index in [2.05, 4.69) is 87.8 Å². The third-order valence-corrected chi connectivity index (χ3v) is 7.95. The normalized spacial score (nSPS) is 11.4. The second-order valence-electron chi connectivity index (χ2n) is 9.41. The molecule has 0 aromatic heterocycles. The van der Waals surface area contributed by atoms with Crippen molar-refractivity contribution in [3.8, 4) is 0 Å². The molecule has 0 radical (unpaired) electrons. The summed E-state index contributed by atoms with van der Waals surface area (Å²) in [6.07, 6.45) is 5.30. The van der Waals surface area contributed by atoms with E-state index in [0.29, 0.717) is 0 Å². The fourth-order valence-electron chi connectivity index (χ4n) is 2.81. The van der Waals surface area contributed by atoms with Crippen molar-refractivity contribution < 1.29 is 19.5 Å². The van der Waals surface area contributed by atoms with Crippen LogP contribution in [0.4, 0.5) is 0 Å². The summed E-state index contributed by atoms with van der Waals surface area (Å²) < 4.78 is 0. The van der Waals surface area contributed by atoms with Gasteiger partial charge in [-0.15, -0.1) is 0 Å². The van der Waals surface area contributed by atoms with Gasteiger partial charge in [-0.3, -0.25) is 0 Å². The van der Waals surface area contributed by atoms with Crippen molar-refractivity contribution in [1.82, 2.24) is 0 Å². The van der Waals surface area contributed by atoms with E-state index in [1.54, 1.807) is 0 Å². The van der Waals surface area contributed by atoms with E-state index >= 15 is 0 Å². The topological polar surface area (TPSA) is 0 Å². The zero-order chi connectivity index (χ0) is 18.1. The molecule has 0 saturated heterocycles. The van der Waals surface area contributed by atoms with Crippen LogP contribution in [-0.2, 0) is 32.3 Å². The molecule has 0 N–H and O–H groups in total. The Morgan fingerprint density at radius 2 is 0.840 bits per heavy atom. The van der Waals surface area contributed by atoms with Gasteiger partial charge >= 0.3 is 19.5 Å². The molecule has 3 heteroatoms. The van der Waals surface area contributed by atoms with E-state index in [4.69, 9.17) is 0 Å². The minimum atomic E-state index is -0.791. The molecule has 0 aliphatic rings. The molecule has 0 unspecified atom stereocenters. The first kappa shape index (κ1) is 24.8. The smallest absolute Gasteiger partial charge is 0.213 e. The number of hydrogen-bond donors (Lipinski definition) is 0. The van der Waals surface area contributed by atoms with Gasteiger partial charge in [-0.25, -0.2) is 24.3 Å². The van der Waals surface area contributed by atoms with Crippen molar-refractivity contribution in [2.75, 3.05) is 0 Å². The molecule has 142 valence electrons. The molecular formula is C22H38RuSi2. The van der Waals surface area contributed by atoms with Gasteiger partial charge in [0.15, 0.2) is 0 Å². The van der Waals surface area contributed by atoms with Crippen molar-refractivity contribution in [3.63, 3.8) is 0 Å². The Balaban J connectivity index is 0.000000443. The monoisotopic (exact) mass is 460 g/mol. The van der Waals surface area contributed by atoms with Crippen LogP contribution in [0.25, 0.3) is 0 Å². The van der Waals surface area contributed by atoms with Crippen LogP contribution in [0.3, 0.4) is 0 Å². The van der Waals surface area contributed by atoms with Crippen molar-refractivity contribution in [2.24, 2.45) is 0 Å². The first-order valence-corrected chi connectivity index (χ1v) is 17.0. The molecule has 0 fully saturated rings. The van der Waals surface area contributed by atoms with Gasteiger partial charge in [-0.05, 0) is 0 Å². The van der Waals surface area contributed by atoms with Crippen molar-refractivity contribution >= 4 is 16.1 Å². The molecule has 0 saturated carbocycles. The average molecular weight is 460 g/mol. The van der Waals surface area contributed by atoms with Crippen molar-refractivity contribution in [1.29, 1.82) is 0 Å². The molecule has 0 amide bonds. The summed E-state index contributed by atoms with van der Waals surface area (Å²) in [5.74, 6) is 0. The maximum atomic E-state index is 2.44. The second kappa shape index (κ2) is 12.2. The molecule has 0 heterocycles. The Morgan fingerprint density at radius 3 is 1.08 bits per heavy atom. The molecule has 2 rings (SSSR count). The predicted octanol–water partition coefficient (Wildman–Crippen LogP) is 7.35. The molecule has 0 atom stereocenters. The van der Waals surface area contributed by atoms with Crippen LogP contribution >= 0.6 is 0 Å². The van der Waals surface area contributed by atoms with Crippen LogP contribution < -0.4 is 0 Å². The minimum Gasteiger partial charge on any atom is -0.213 e. The molecule has 2 aromatic rings. The van der Waals surface area contributed by atoms with Gasteiger partial charge in [0.25, 0.3) is 0 Å². The van der Waals surface area contributed by atoms with E-state index in [-0.39, 0.29) is 19.5 Å².